The molecule has 1 aromatic heterocycles. The molecule has 0 aliphatic rings. The van der Waals surface area contributed by atoms with Gasteiger partial charge in [0, 0.05) is 31.5 Å². The maximum atomic E-state index is 6.10. The molecule has 0 aliphatic heterocycles. The van der Waals surface area contributed by atoms with Gasteiger partial charge in [0.15, 0.2) is 8.24 Å². The Morgan fingerprint density at radius 2 is 1.57 bits per heavy atom. The summed E-state index contributed by atoms with van der Waals surface area (Å²) in [5.74, 6) is 1.24. The average molecular weight is 416 g/mol. The summed E-state index contributed by atoms with van der Waals surface area (Å²) in [6.07, 6.45) is 1.88. The quantitative estimate of drug-likeness (QED) is 0.371. The number of rotatable bonds is 7. The monoisotopic (exact) mass is 415 g/mol. The highest BCUT2D eigenvalue weighted by molar-refractivity contribution is 6.79. The molecule has 0 bridgehead atoms. The van der Waals surface area contributed by atoms with Crippen molar-refractivity contribution >= 4 is 34.4 Å². The summed E-state index contributed by atoms with van der Waals surface area (Å²) < 4.78 is 8.09. The lowest BCUT2D eigenvalue weighted by molar-refractivity contribution is 0.531. The van der Waals surface area contributed by atoms with Gasteiger partial charge in [-0.05, 0) is 63.9 Å². The minimum Gasteiger partial charge on any atom is -0.531 e. The Labute approximate surface area is 171 Å². The molecule has 0 saturated heterocycles. The third-order valence-electron chi connectivity index (χ3n) is 3.79. The van der Waals surface area contributed by atoms with Crippen molar-refractivity contribution in [3.05, 3.63) is 41.6 Å². The van der Waals surface area contributed by atoms with Crippen LogP contribution >= 0.6 is 0 Å². The predicted molar refractivity (Wildman–Crippen MR) is 125 cm³/mol. The zero-order chi connectivity index (χ0) is 21.1. The van der Waals surface area contributed by atoms with E-state index >= 15 is 0 Å². The summed E-state index contributed by atoms with van der Waals surface area (Å²) in [6, 6.07) is 10.2. The highest BCUT2D eigenvalue weighted by atomic mass is 28.4. The first-order chi connectivity index (χ1) is 12.8. The minimum absolute atomic E-state index is 0.605. The van der Waals surface area contributed by atoms with Crippen LogP contribution in [0.15, 0.2) is 35.4 Å². The average Bonchev–Trinajstić information content (AvgIpc) is 2.52. The molecule has 0 atom stereocenters. The van der Waals surface area contributed by atoms with Gasteiger partial charge in [-0.1, -0.05) is 12.1 Å². The van der Waals surface area contributed by atoms with E-state index in [4.69, 9.17) is 9.53 Å². The van der Waals surface area contributed by atoms with Gasteiger partial charge < -0.3 is 9.33 Å². The maximum absolute atomic E-state index is 6.10. The van der Waals surface area contributed by atoms with E-state index < -0.39 is 16.6 Å². The molecule has 0 saturated carbocycles. The molecule has 0 aliphatic carbocycles. The molecule has 2 rings (SSSR count). The van der Waals surface area contributed by atoms with Crippen molar-refractivity contribution in [2.24, 2.45) is 5.10 Å². The zero-order valence-electron chi connectivity index (χ0n) is 18.6. The van der Waals surface area contributed by atoms with Crippen molar-refractivity contribution in [3.8, 4) is 5.88 Å². The topological polar surface area (TPSA) is 53.9 Å². The van der Waals surface area contributed by atoms with E-state index in [2.05, 4.69) is 78.4 Å². The largest absolute Gasteiger partial charge is 0.531 e. The van der Waals surface area contributed by atoms with Gasteiger partial charge in [0.05, 0.1) is 6.21 Å². The highest BCUT2D eigenvalue weighted by Crippen LogP contribution is 2.23. The molecular weight excluding hydrogens is 382 g/mol. The van der Waals surface area contributed by atoms with Gasteiger partial charge in [-0.15, -0.1) is 0 Å². The van der Waals surface area contributed by atoms with Crippen LogP contribution in [0.1, 0.15) is 11.3 Å². The van der Waals surface area contributed by atoms with Crippen LogP contribution in [-0.2, 0) is 0 Å². The van der Waals surface area contributed by atoms with Crippen molar-refractivity contribution in [1.29, 1.82) is 0 Å². The second-order valence-corrected chi connectivity index (χ2v) is 18.3. The number of aromatic nitrogens is 2. The van der Waals surface area contributed by atoms with Crippen molar-refractivity contribution in [2.75, 3.05) is 23.7 Å². The van der Waals surface area contributed by atoms with Crippen LogP contribution in [0, 0.1) is 6.92 Å². The van der Waals surface area contributed by atoms with Crippen LogP contribution in [0.5, 0.6) is 5.88 Å². The zero-order valence-corrected chi connectivity index (χ0v) is 20.6. The van der Waals surface area contributed by atoms with Crippen LogP contribution in [-0.4, -0.2) is 46.8 Å². The van der Waals surface area contributed by atoms with Crippen LogP contribution in [0.4, 0.5) is 11.6 Å². The highest BCUT2D eigenvalue weighted by Gasteiger charge is 2.28. The fraction of sp³-hybridized carbons (Fsp3) is 0.450. The summed E-state index contributed by atoms with van der Waals surface area (Å²) in [5.41, 5.74) is 3.08. The van der Waals surface area contributed by atoms with Gasteiger partial charge in [0.25, 0.3) is 0 Å². The van der Waals surface area contributed by atoms with E-state index in [0.29, 0.717) is 11.8 Å². The molecule has 2 aromatic rings. The smallest absolute Gasteiger partial charge is 0.244 e. The summed E-state index contributed by atoms with van der Waals surface area (Å²) in [4.78, 5) is 11.4. The standard InChI is InChI=1S/C20H33N5OSi2/c1-16-14-19(26-28(7,8)9)23-20(22-16)25(27(4,5)6)21-15-17-10-12-18(13-11-17)24(2)3/h10-15H,1-9H3/b21-15-. The Morgan fingerprint density at radius 1 is 0.964 bits per heavy atom. The summed E-state index contributed by atoms with van der Waals surface area (Å²) >= 11 is 0. The first-order valence-electron chi connectivity index (χ1n) is 9.51. The summed E-state index contributed by atoms with van der Waals surface area (Å²) in [6.45, 7) is 15.1. The Morgan fingerprint density at radius 3 is 2.07 bits per heavy atom. The molecule has 0 radical (unpaired) electrons. The molecule has 1 heterocycles. The first kappa shape index (κ1) is 22.1. The van der Waals surface area contributed by atoms with Gasteiger partial charge in [0.1, 0.15) is 0 Å². The molecule has 0 spiro atoms. The van der Waals surface area contributed by atoms with E-state index in [1.54, 1.807) is 0 Å². The fourth-order valence-corrected chi connectivity index (χ4v) is 4.33. The maximum Gasteiger partial charge on any atom is 0.244 e. The Kier molecular flexibility index (Phi) is 6.66. The lowest BCUT2D eigenvalue weighted by Gasteiger charge is -2.30. The minimum atomic E-state index is -1.86. The van der Waals surface area contributed by atoms with Gasteiger partial charge in [-0.2, -0.15) is 10.1 Å². The Hall–Kier alpha value is -2.20. The van der Waals surface area contributed by atoms with E-state index in [0.717, 1.165) is 16.9 Å². The molecule has 6 nitrogen and oxygen atoms in total. The second-order valence-electron chi connectivity index (χ2n) is 9.08. The Balaban J connectivity index is 2.36. The third kappa shape index (κ3) is 6.45. The van der Waals surface area contributed by atoms with Crippen LogP contribution in [0.3, 0.4) is 0 Å². The van der Waals surface area contributed by atoms with Crippen LogP contribution in [0.25, 0.3) is 0 Å². The van der Waals surface area contributed by atoms with E-state index in [9.17, 15) is 0 Å². The fourth-order valence-electron chi connectivity index (χ4n) is 2.49. The molecule has 8 heteroatoms. The van der Waals surface area contributed by atoms with Gasteiger partial charge >= 0.3 is 0 Å². The normalized spacial score (nSPS) is 12.3. The lowest BCUT2D eigenvalue weighted by atomic mass is 10.2. The van der Waals surface area contributed by atoms with Gasteiger partial charge in [-0.25, -0.2) is 4.98 Å². The molecule has 0 N–H and O–H groups in total. The number of nitrogens with zero attached hydrogens (tertiary/aromatic N) is 5. The van der Waals surface area contributed by atoms with Crippen LogP contribution < -0.4 is 14.0 Å². The molecule has 28 heavy (non-hydrogen) atoms. The molecule has 1 aromatic carbocycles. The number of anilines is 2. The van der Waals surface area contributed by atoms with Crippen molar-refractivity contribution < 1.29 is 4.43 Å². The van der Waals surface area contributed by atoms with E-state index in [1.807, 2.05) is 38.0 Å². The summed E-state index contributed by atoms with van der Waals surface area (Å²) in [5, 5.41) is 4.78. The van der Waals surface area contributed by atoms with Crippen LogP contribution in [0.2, 0.25) is 39.3 Å². The van der Waals surface area contributed by atoms with Gasteiger partial charge in [0.2, 0.25) is 20.1 Å². The van der Waals surface area contributed by atoms with Crippen molar-refractivity contribution in [3.63, 3.8) is 0 Å². The predicted octanol–water partition coefficient (Wildman–Crippen LogP) is 4.74. The van der Waals surface area contributed by atoms with Gasteiger partial charge in [-0.3, -0.25) is 4.67 Å². The van der Waals surface area contributed by atoms with E-state index in [1.165, 1.54) is 0 Å². The summed E-state index contributed by atoms with van der Waals surface area (Å²) in [7, 11) is 0.459. The number of hydrazone groups is 1. The van der Waals surface area contributed by atoms with E-state index in [-0.39, 0.29) is 0 Å². The second kappa shape index (κ2) is 8.44. The number of hydrogen-bond acceptors (Lipinski definition) is 6. The number of hydrogen-bond donors (Lipinski definition) is 0. The number of aryl methyl sites for hydroxylation is 1. The molecular formula is C20H33N5OSi2. The SMILES string of the molecule is Cc1cc(O[Si](C)(C)C)nc(N(/N=C\c2ccc(N(C)C)cc2)[Si](C)(C)C)n1. The Bertz CT molecular complexity index is 824. The van der Waals surface area contributed by atoms with Crippen molar-refractivity contribution in [1.82, 2.24) is 9.97 Å². The molecule has 0 fully saturated rings. The molecule has 0 unspecified atom stereocenters. The number of benzene rings is 1. The van der Waals surface area contributed by atoms with Crippen molar-refractivity contribution in [2.45, 2.75) is 46.2 Å². The third-order valence-corrected chi connectivity index (χ3v) is 6.19. The first-order valence-corrected chi connectivity index (χ1v) is 16.4. The molecule has 152 valence electrons. The molecule has 0 amide bonds. The lowest BCUT2D eigenvalue weighted by Crippen LogP contribution is -2.43.